The highest BCUT2D eigenvalue weighted by Gasteiger charge is 2.46. The van der Waals surface area contributed by atoms with Crippen LogP contribution in [0.15, 0.2) is 77.7 Å². The van der Waals surface area contributed by atoms with Gasteiger partial charge in [-0.15, -0.1) is 4.31 Å². The van der Waals surface area contributed by atoms with Gasteiger partial charge < -0.3 is 23.7 Å². The first-order valence-corrected chi connectivity index (χ1v) is 12.1. The lowest BCUT2D eigenvalue weighted by Crippen LogP contribution is -2.52. The molecule has 0 aromatic heterocycles. The van der Waals surface area contributed by atoms with Crippen LogP contribution in [0.3, 0.4) is 0 Å². The van der Waals surface area contributed by atoms with Crippen LogP contribution in [0.25, 0.3) is 0 Å². The Kier molecular flexibility index (Phi) is 9.37. The van der Waals surface area contributed by atoms with E-state index in [2.05, 4.69) is 0 Å². The minimum Gasteiger partial charge on any atom is -0.497 e. The van der Waals surface area contributed by atoms with Crippen molar-refractivity contribution in [3.63, 3.8) is 0 Å². The lowest BCUT2D eigenvalue weighted by molar-refractivity contribution is -0.151. The predicted octanol–water partition coefficient (Wildman–Crippen LogP) is 5.56. The van der Waals surface area contributed by atoms with Gasteiger partial charge in [-0.2, -0.15) is 0 Å². The van der Waals surface area contributed by atoms with Crippen molar-refractivity contribution in [3.8, 4) is 23.0 Å². The van der Waals surface area contributed by atoms with Crippen molar-refractivity contribution in [1.29, 1.82) is 0 Å². The lowest BCUT2D eigenvalue weighted by Gasteiger charge is -2.36. The largest absolute Gasteiger partial charge is 0.497 e. The fourth-order valence-electron chi connectivity index (χ4n) is 2.90. The molecule has 8 nitrogen and oxygen atoms in total. The monoisotopic (exact) mass is 515 g/mol. The Labute approximate surface area is 210 Å². The van der Waals surface area contributed by atoms with Crippen LogP contribution in [0, 0.1) is 6.92 Å². The minimum atomic E-state index is -1.94. The maximum absolute atomic E-state index is 12.8. The minimum absolute atomic E-state index is 0.281. The molecule has 184 valence electrons. The van der Waals surface area contributed by atoms with Crippen molar-refractivity contribution in [2.45, 2.75) is 17.5 Å². The smallest absolute Gasteiger partial charge is 0.410 e. The van der Waals surface area contributed by atoms with Gasteiger partial charge in [0.2, 0.25) is 0 Å². The summed E-state index contributed by atoms with van der Waals surface area (Å²) in [5.41, 5.74) is -0.863. The van der Waals surface area contributed by atoms with Crippen LogP contribution in [-0.2, 0) is 14.1 Å². The van der Waals surface area contributed by atoms with Gasteiger partial charge in [-0.05, 0) is 79.5 Å². The van der Waals surface area contributed by atoms with Crippen LogP contribution in [0.4, 0.5) is 0 Å². The molecule has 0 amide bonds. The summed E-state index contributed by atoms with van der Waals surface area (Å²) >= 11 is 1.15. The fraction of sp³-hybridized carbons (Fsp3) is 0.240. The number of hydrogen-bond donors (Lipinski definition) is 0. The zero-order valence-corrected chi connectivity index (χ0v) is 21.5. The number of hydrogen-bond acceptors (Lipinski definition) is 9. The average Bonchev–Trinajstić information content (AvgIpc) is 2.89. The molecule has 0 aliphatic heterocycles. The normalized spacial score (nSPS) is 11.2. The number of rotatable bonds is 12. The summed E-state index contributed by atoms with van der Waals surface area (Å²) in [5.74, 6) is 1.39. The van der Waals surface area contributed by atoms with Crippen molar-refractivity contribution in [1.82, 2.24) is 4.31 Å². The first-order chi connectivity index (χ1) is 16.9. The number of methoxy groups -OCH3 is 3. The van der Waals surface area contributed by atoms with Crippen LogP contribution >= 0.6 is 20.4 Å². The highest BCUT2D eigenvalue weighted by molar-refractivity contribution is 7.97. The molecular weight excluding hydrogens is 489 g/mol. The molecule has 3 aromatic rings. The summed E-state index contributed by atoms with van der Waals surface area (Å²) in [6.07, 6.45) is 0. The maximum atomic E-state index is 12.8. The number of aryl methyl sites for hydroxylation is 1. The molecule has 0 heterocycles. The van der Waals surface area contributed by atoms with Gasteiger partial charge in [-0.1, -0.05) is 17.7 Å². The van der Waals surface area contributed by atoms with E-state index in [-0.39, 0.29) is 6.54 Å². The molecule has 0 fully saturated rings. The summed E-state index contributed by atoms with van der Waals surface area (Å²) in [7, 11) is 3.83. The summed E-state index contributed by atoms with van der Waals surface area (Å²) in [6, 6.07) is 21.1. The van der Waals surface area contributed by atoms with E-state index in [0.717, 1.165) is 22.4 Å². The molecule has 0 aliphatic rings. The van der Waals surface area contributed by atoms with Crippen molar-refractivity contribution < 1.29 is 33.0 Å². The Morgan fingerprint density at radius 3 is 1.66 bits per heavy atom. The number of esters is 1. The van der Waals surface area contributed by atoms with E-state index in [1.165, 1.54) is 11.4 Å². The number of nitrogens with zero attached hydrogens (tertiary/aromatic N) is 1. The topological polar surface area (TPSA) is 83.5 Å². The predicted molar refractivity (Wildman–Crippen MR) is 133 cm³/mol. The second kappa shape index (κ2) is 12.4. The highest BCUT2D eigenvalue weighted by atomic mass is 32.2. The van der Waals surface area contributed by atoms with Crippen LogP contribution in [0.1, 0.15) is 5.56 Å². The zero-order chi connectivity index (χ0) is 25.3. The number of ether oxygens (including phenoxy) is 5. The first kappa shape index (κ1) is 26.3. The maximum Gasteiger partial charge on any atom is 0.410 e. The van der Waals surface area contributed by atoms with Crippen molar-refractivity contribution in [2.75, 3.05) is 27.9 Å². The van der Waals surface area contributed by atoms with Crippen molar-refractivity contribution in [2.24, 2.45) is 0 Å². The summed E-state index contributed by atoms with van der Waals surface area (Å²) in [4.78, 5) is 13.2. The molecule has 0 saturated heterocycles. The summed E-state index contributed by atoms with van der Waals surface area (Å²) in [6.45, 7) is 1.69. The van der Waals surface area contributed by atoms with E-state index in [1.54, 1.807) is 62.8 Å². The fourth-order valence-corrected chi connectivity index (χ4v) is 4.44. The van der Waals surface area contributed by atoms with Gasteiger partial charge >= 0.3 is 11.6 Å². The quantitative estimate of drug-likeness (QED) is 0.133. The standard InChI is InChI=1S/C25H26NO7PS/c1-18-5-15-23(16-6-18)35-26(17-24(27)31-4)25(34-28,32-21-11-7-19(29-2)8-12-21)33-22-13-9-20(30-3)10-14-22/h5-16H,17H2,1-4H3. The Hall–Kier alpha value is -3.26. The lowest BCUT2D eigenvalue weighted by atomic mass is 10.2. The molecule has 0 unspecified atom stereocenters. The molecule has 35 heavy (non-hydrogen) atoms. The Morgan fingerprint density at radius 2 is 1.26 bits per heavy atom. The van der Waals surface area contributed by atoms with E-state index >= 15 is 0 Å². The van der Waals surface area contributed by atoms with Gasteiger partial charge in [0.05, 0.1) is 21.3 Å². The number of carbonyl (C=O) groups is 1. The molecule has 0 spiro atoms. The van der Waals surface area contributed by atoms with Gasteiger partial charge in [0.1, 0.15) is 29.5 Å². The molecule has 10 heteroatoms. The zero-order valence-electron chi connectivity index (χ0n) is 19.8. The summed E-state index contributed by atoms with van der Waals surface area (Å²) in [5, 5.41) is 0. The van der Waals surface area contributed by atoms with E-state index in [9.17, 15) is 9.36 Å². The van der Waals surface area contributed by atoms with Gasteiger partial charge in [-0.3, -0.25) is 9.36 Å². The molecule has 0 bridgehead atoms. The van der Waals surface area contributed by atoms with Crippen molar-refractivity contribution in [3.05, 3.63) is 78.4 Å². The van der Waals surface area contributed by atoms with E-state index in [4.69, 9.17) is 23.7 Å². The SMILES string of the molecule is COC(=O)CN(Sc1ccc(C)cc1)C(Oc1ccc(OC)cc1)(Oc1ccc(OC)cc1)P=O. The molecule has 0 saturated carbocycles. The number of carbonyl (C=O) groups excluding carboxylic acids is 1. The van der Waals surface area contributed by atoms with Gasteiger partial charge in [-0.25, -0.2) is 0 Å². The second-order valence-electron chi connectivity index (χ2n) is 7.21. The van der Waals surface area contributed by atoms with Crippen molar-refractivity contribution >= 4 is 26.4 Å². The molecule has 3 rings (SSSR count). The van der Waals surface area contributed by atoms with Crippen LogP contribution in [0.2, 0.25) is 0 Å². The summed E-state index contributed by atoms with van der Waals surface area (Å²) < 4.78 is 41.9. The Balaban J connectivity index is 2.05. The molecular formula is C25H26NO7PS. The molecule has 0 aliphatic carbocycles. The number of benzene rings is 3. The third-order valence-corrected chi connectivity index (χ3v) is 6.65. The van der Waals surface area contributed by atoms with E-state index in [0.29, 0.717) is 23.0 Å². The average molecular weight is 516 g/mol. The van der Waals surface area contributed by atoms with Crippen LogP contribution in [-0.4, -0.2) is 43.8 Å². The van der Waals surface area contributed by atoms with Gasteiger partial charge in [0.15, 0.2) is 0 Å². The van der Waals surface area contributed by atoms with Crippen LogP contribution < -0.4 is 18.9 Å². The van der Waals surface area contributed by atoms with E-state index < -0.39 is 20.1 Å². The molecule has 3 aromatic carbocycles. The first-order valence-electron chi connectivity index (χ1n) is 10.5. The molecule has 0 N–H and O–H groups in total. The van der Waals surface area contributed by atoms with Crippen LogP contribution in [0.5, 0.6) is 23.0 Å². The Morgan fingerprint density at radius 1 is 0.800 bits per heavy atom. The van der Waals surface area contributed by atoms with Gasteiger partial charge in [0.25, 0.3) is 8.46 Å². The van der Waals surface area contributed by atoms with Gasteiger partial charge in [0, 0.05) is 4.90 Å². The third kappa shape index (κ3) is 7.11. The second-order valence-corrected chi connectivity index (χ2v) is 9.05. The Bertz CT molecular complexity index is 1060. The molecule has 0 atom stereocenters. The molecule has 0 radical (unpaired) electrons. The highest BCUT2D eigenvalue weighted by Crippen LogP contribution is 2.41. The van der Waals surface area contributed by atoms with E-state index in [1.807, 2.05) is 31.2 Å². The third-order valence-electron chi connectivity index (χ3n) is 4.79.